The molecule has 7 heteroatoms. The zero-order valence-electron chi connectivity index (χ0n) is 17.2. The highest BCUT2D eigenvalue weighted by molar-refractivity contribution is 5.92. The number of piperidine rings is 1. The molecular weight excluding hydrogens is 382 g/mol. The molecule has 2 aliphatic carbocycles. The van der Waals surface area contributed by atoms with Crippen LogP contribution in [-0.4, -0.2) is 52.9 Å². The lowest BCUT2D eigenvalue weighted by molar-refractivity contribution is -0.140. The zero-order chi connectivity index (χ0) is 20.7. The summed E-state index contributed by atoms with van der Waals surface area (Å²) in [6.45, 7) is 0.895. The average molecular weight is 412 g/mol. The van der Waals surface area contributed by atoms with Crippen LogP contribution in [0.4, 0.5) is 4.79 Å². The summed E-state index contributed by atoms with van der Waals surface area (Å²) in [7, 11) is 0. The minimum Gasteiger partial charge on any atom is -0.347 e. The molecule has 0 radical (unpaired) electrons. The maximum atomic E-state index is 12.8. The van der Waals surface area contributed by atoms with Crippen molar-refractivity contribution in [1.82, 2.24) is 15.3 Å². The van der Waals surface area contributed by atoms with Crippen LogP contribution in [0, 0.1) is 11.3 Å². The van der Waals surface area contributed by atoms with Crippen molar-refractivity contribution >= 4 is 17.7 Å². The summed E-state index contributed by atoms with van der Waals surface area (Å²) in [5, 5.41) is 4.23. The van der Waals surface area contributed by atoms with Crippen LogP contribution in [0.2, 0.25) is 0 Å². The molecule has 3 amide bonds. The summed E-state index contributed by atoms with van der Waals surface area (Å²) >= 11 is 0. The minimum absolute atomic E-state index is 0.0273. The summed E-state index contributed by atoms with van der Waals surface area (Å²) in [5.41, 5.74) is 1.45. The van der Waals surface area contributed by atoms with Crippen LogP contribution < -0.4 is 5.32 Å². The first-order valence-electron chi connectivity index (χ1n) is 11.1. The summed E-state index contributed by atoms with van der Waals surface area (Å²) < 4.78 is 0. The Morgan fingerprint density at radius 3 is 2.60 bits per heavy atom. The van der Waals surface area contributed by atoms with Gasteiger partial charge >= 0.3 is 6.03 Å². The van der Waals surface area contributed by atoms with E-state index in [0.717, 1.165) is 18.4 Å². The second-order valence-electron chi connectivity index (χ2n) is 9.41. The van der Waals surface area contributed by atoms with Crippen molar-refractivity contribution in [3.63, 3.8) is 0 Å². The maximum Gasteiger partial charge on any atom is 0.345 e. The van der Waals surface area contributed by atoms with Crippen molar-refractivity contribution < 1.29 is 19.2 Å². The number of nitrogens with one attached hydrogen (secondary N) is 1. The molecule has 1 spiro atoms. The Kier molecular flexibility index (Phi) is 5.01. The quantitative estimate of drug-likeness (QED) is 0.748. The van der Waals surface area contributed by atoms with Gasteiger partial charge in [-0.3, -0.25) is 14.4 Å². The number of hydroxylamine groups is 2. The average Bonchev–Trinajstić information content (AvgIpc) is 2.93. The number of hydrogen-bond donors (Lipinski definition) is 1. The number of fused-ring (bicyclic) bond motifs is 2. The van der Waals surface area contributed by atoms with Gasteiger partial charge in [0.25, 0.3) is 0 Å². The van der Waals surface area contributed by atoms with E-state index in [0.29, 0.717) is 31.4 Å². The smallest absolute Gasteiger partial charge is 0.345 e. The van der Waals surface area contributed by atoms with Crippen molar-refractivity contribution in [3.8, 4) is 0 Å². The molecule has 1 N–H and O–H groups in total. The third-order valence-corrected chi connectivity index (χ3v) is 7.50. The van der Waals surface area contributed by atoms with Gasteiger partial charge in [0.2, 0.25) is 5.91 Å². The molecule has 7 nitrogen and oxygen atoms in total. The number of hydrogen-bond acceptors (Lipinski definition) is 4. The molecule has 1 aromatic rings. The fraction of sp³-hybridized carbons (Fsp3) is 0.609. The first-order valence-corrected chi connectivity index (χ1v) is 11.1. The van der Waals surface area contributed by atoms with Crippen molar-refractivity contribution in [1.29, 1.82) is 0 Å². The lowest BCUT2D eigenvalue weighted by Gasteiger charge is -2.53. The molecule has 0 aromatic heterocycles. The number of rotatable bonds is 7. The lowest BCUT2D eigenvalue weighted by atomic mass is 9.51. The molecule has 1 aromatic carbocycles. The topological polar surface area (TPSA) is 79.0 Å². The molecular formula is C23H29N3O4. The van der Waals surface area contributed by atoms with E-state index >= 15 is 0 Å². The van der Waals surface area contributed by atoms with Gasteiger partial charge in [-0.05, 0) is 49.5 Å². The number of nitrogens with zero attached hydrogens (tertiary/aromatic N) is 2. The molecule has 2 aliphatic heterocycles. The van der Waals surface area contributed by atoms with E-state index in [4.69, 9.17) is 4.84 Å². The predicted molar refractivity (Wildman–Crippen MR) is 109 cm³/mol. The van der Waals surface area contributed by atoms with Crippen molar-refractivity contribution in [2.45, 2.75) is 63.6 Å². The van der Waals surface area contributed by atoms with Crippen LogP contribution in [-0.2, 0) is 21.0 Å². The molecule has 2 saturated carbocycles. The summed E-state index contributed by atoms with van der Waals surface area (Å²) in [6, 6.07) is 8.91. The van der Waals surface area contributed by atoms with Crippen molar-refractivity contribution in [2.75, 3.05) is 13.1 Å². The SMILES string of the molecule is O=C(CNC(=O)[C@@H]1CC[C@@H]2CN1C(=O)N2OCc1ccccc1)C1CC2(CCC2)C1. The number of urea groups is 1. The highest BCUT2D eigenvalue weighted by Crippen LogP contribution is 2.58. The summed E-state index contributed by atoms with van der Waals surface area (Å²) in [4.78, 5) is 45.3. The third kappa shape index (κ3) is 3.49. The second-order valence-corrected chi connectivity index (χ2v) is 9.41. The van der Waals surface area contributed by atoms with Gasteiger partial charge < -0.3 is 10.2 Å². The number of ketones is 1. The molecule has 2 bridgehead atoms. The molecule has 4 aliphatic rings. The van der Waals surface area contributed by atoms with E-state index in [2.05, 4.69) is 5.32 Å². The van der Waals surface area contributed by atoms with E-state index in [1.165, 1.54) is 24.3 Å². The number of Topliss-reactive ketones (excluding diaryl/α,β-unsaturated/α-hetero) is 1. The van der Waals surface area contributed by atoms with Crippen LogP contribution in [0.5, 0.6) is 0 Å². The molecule has 5 rings (SSSR count). The van der Waals surface area contributed by atoms with Gasteiger partial charge in [0.1, 0.15) is 12.6 Å². The number of carbonyl (C=O) groups excluding carboxylic acids is 3. The van der Waals surface area contributed by atoms with Gasteiger partial charge in [-0.2, -0.15) is 5.06 Å². The van der Waals surface area contributed by atoms with Gasteiger partial charge in [-0.25, -0.2) is 4.79 Å². The first-order chi connectivity index (χ1) is 14.5. The number of amides is 3. The molecule has 2 heterocycles. The van der Waals surface area contributed by atoms with E-state index < -0.39 is 6.04 Å². The Morgan fingerprint density at radius 1 is 1.13 bits per heavy atom. The molecule has 0 unspecified atom stereocenters. The van der Waals surface area contributed by atoms with E-state index in [1.807, 2.05) is 30.3 Å². The zero-order valence-corrected chi connectivity index (χ0v) is 17.2. The van der Waals surface area contributed by atoms with Crippen molar-refractivity contribution in [3.05, 3.63) is 35.9 Å². The Bertz CT molecular complexity index is 830. The van der Waals surface area contributed by atoms with Crippen LogP contribution >= 0.6 is 0 Å². The molecule has 160 valence electrons. The highest BCUT2D eigenvalue weighted by atomic mass is 16.7. The lowest BCUT2D eigenvalue weighted by Crippen LogP contribution is -2.52. The molecule has 4 fully saturated rings. The van der Waals surface area contributed by atoms with Crippen LogP contribution in [0.3, 0.4) is 0 Å². The normalized spacial score (nSPS) is 27.0. The molecule has 2 saturated heterocycles. The Morgan fingerprint density at radius 2 is 1.90 bits per heavy atom. The maximum absolute atomic E-state index is 12.8. The number of carbonyl (C=O) groups is 3. The number of benzene rings is 1. The van der Waals surface area contributed by atoms with Crippen LogP contribution in [0.25, 0.3) is 0 Å². The predicted octanol–water partition coefficient (Wildman–Crippen LogP) is 2.65. The van der Waals surface area contributed by atoms with Gasteiger partial charge in [-0.15, -0.1) is 0 Å². The van der Waals surface area contributed by atoms with E-state index in [-0.39, 0.29) is 36.2 Å². The van der Waals surface area contributed by atoms with Gasteiger partial charge in [0, 0.05) is 12.5 Å². The van der Waals surface area contributed by atoms with E-state index in [9.17, 15) is 14.4 Å². The fourth-order valence-electron chi connectivity index (χ4n) is 5.52. The standard InChI is InChI=1S/C23H29N3O4/c27-20(17-11-23(12-17)9-4-10-23)13-24-21(28)19-8-7-18-14-25(19)22(29)26(18)30-15-16-5-2-1-3-6-16/h1-3,5-6,17-19H,4,7-15H2,(H,24,28)/t18-,19+/m1/s1. The minimum atomic E-state index is -0.522. The molecule has 30 heavy (non-hydrogen) atoms. The summed E-state index contributed by atoms with van der Waals surface area (Å²) in [5.74, 6) is 0.0181. The van der Waals surface area contributed by atoms with Crippen LogP contribution in [0.1, 0.15) is 50.5 Å². The fourth-order valence-corrected chi connectivity index (χ4v) is 5.52. The third-order valence-electron chi connectivity index (χ3n) is 7.50. The van der Waals surface area contributed by atoms with Gasteiger partial charge in [0.15, 0.2) is 5.78 Å². The first kappa shape index (κ1) is 19.5. The highest BCUT2D eigenvalue weighted by Gasteiger charge is 2.51. The van der Waals surface area contributed by atoms with E-state index in [1.54, 1.807) is 4.90 Å². The Balaban J connectivity index is 1.11. The molecule has 2 atom stereocenters. The Labute approximate surface area is 176 Å². The Hall–Kier alpha value is -2.41. The van der Waals surface area contributed by atoms with Gasteiger partial charge in [0.05, 0.1) is 12.6 Å². The van der Waals surface area contributed by atoms with Crippen LogP contribution in [0.15, 0.2) is 30.3 Å². The summed E-state index contributed by atoms with van der Waals surface area (Å²) in [6.07, 6.45) is 7.09. The van der Waals surface area contributed by atoms with Gasteiger partial charge in [-0.1, -0.05) is 36.8 Å². The second kappa shape index (κ2) is 7.69. The largest absolute Gasteiger partial charge is 0.347 e. The monoisotopic (exact) mass is 411 g/mol. The van der Waals surface area contributed by atoms with Crippen molar-refractivity contribution in [2.24, 2.45) is 11.3 Å².